The van der Waals surface area contributed by atoms with Crippen molar-refractivity contribution >= 4 is 29.0 Å². The molecule has 1 aromatic heterocycles. The van der Waals surface area contributed by atoms with Crippen LogP contribution in [0.15, 0.2) is 30.5 Å². The molecule has 0 aliphatic carbocycles. The fraction of sp³-hybridized carbons (Fsp3) is 0.476. The molecule has 176 valence electrons. The fourth-order valence-corrected chi connectivity index (χ4v) is 4.44. The van der Waals surface area contributed by atoms with Gasteiger partial charge in [-0.3, -0.25) is 0 Å². The third-order valence-corrected chi connectivity index (χ3v) is 6.01. The monoisotopic (exact) mass is 499 g/mol. The van der Waals surface area contributed by atoms with E-state index in [0.29, 0.717) is 6.54 Å². The van der Waals surface area contributed by atoms with Gasteiger partial charge in [-0.15, -0.1) is 0 Å². The van der Waals surface area contributed by atoms with Gasteiger partial charge in [-0.25, -0.2) is 4.98 Å². The van der Waals surface area contributed by atoms with Crippen LogP contribution in [0.5, 0.6) is 0 Å². The maximum absolute atomic E-state index is 14.2. The fourth-order valence-electron chi connectivity index (χ4n) is 3.92. The smallest absolute Gasteiger partial charge is 0.355 e. The van der Waals surface area contributed by atoms with E-state index in [9.17, 15) is 26.3 Å². The molecule has 1 aromatic carbocycles. The van der Waals surface area contributed by atoms with Crippen LogP contribution >= 0.6 is 23.2 Å². The highest BCUT2D eigenvalue weighted by Crippen LogP contribution is 2.49. The molecule has 0 radical (unpaired) electrons. The first-order valence-corrected chi connectivity index (χ1v) is 10.7. The molecule has 1 aliphatic heterocycles. The van der Waals surface area contributed by atoms with E-state index in [2.05, 4.69) is 10.3 Å². The van der Waals surface area contributed by atoms with Gasteiger partial charge < -0.3 is 10.2 Å². The van der Waals surface area contributed by atoms with E-state index in [-0.39, 0.29) is 46.5 Å². The highest BCUT2D eigenvalue weighted by Gasteiger charge is 2.59. The Bertz CT molecular complexity index is 943. The Morgan fingerprint density at radius 3 is 2.28 bits per heavy atom. The van der Waals surface area contributed by atoms with Gasteiger partial charge in [0.05, 0.1) is 5.56 Å². The number of aromatic nitrogens is 1. The number of anilines is 1. The number of pyridine rings is 1. The summed E-state index contributed by atoms with van der Waals surface area (Å²) in [6, 6.07) is 4.54. The molecule has 1 saturated heterocycles. The Balaban J connectivity index is 1.97. The number of alkyl halides is 6. The van der Waals surface area contributed by atoms with Gasteiger partial charge in [0.25, 0.3) is 0 Å². The zero-order valence-electron chi connectivity index (χ0n) is 17.0. The minimum absolute atomic E-state index is 0.0382. The Hall–Kier alpha value is -1.71. The number of halogens is 8. The summed E-state index contributed by atoms with van der Waals surface area (Å²) in [6.45, 7) is 1.66. The molecule has 1 fully saturated rings. The third-order valence-electron chi connectivity index (χ3n) is 5.57. The van der Waals surface area contributed by atoms with E-state index in [1.807, 2.05) is 6.92 Å². The minimum atomic E-state index is -4.67. The molecular weight excluding hydrogens is 479 g/mol. The summed E-state index contributed by atoms with van der Waals surface area (Å²) in [5, 5.41) is 2.99. The summed E-state index contributed by atoms with van der Waals surface area (Å²) in [5.74, 6) is -0.157. The van der Waals surface area contributed by atoms with E-state index in [0.717, 1.165) is 18.7 Å². The zero-order valence-corrected chi connectivity index (χ0v) is 18.6. The van der Waals surface area contributed by atoms with Crippen molar-refractivity contribution in [2.45, 2.75) is 44.1 Å². The summed E-state index contributed by atoms with van der Waals surface area (Å²) in [7, 11) is 0. The predicted octanol–water partition coefficient (Wildman–Crippen LogP) is 6.62. The molecule has 2 heterocycles. The Morgan fingerprint density at radius 2 is 1.72 bits per heavy atom. The van der Waals surface area contributed by atoms with Gasteiger partial charge in [0, 0.05) is 35.9 Å². The van der Waals surface area contributed by atoms with Gasteiger partial charge in [0.2, 0.25) is 0 Å². The first-order valence-electron chi connectivity index (χ1n) is 9.92. The lowest BCUT2D eigenvalue weighted by molar-refractivity contribution is -0.184. The summed E-state index contributed by atoms with van der Waals surface area (Å²) in [5.41, 5.74) is -3.43. The van der Waals surface area contributed by atoms with Gasteiger partial charge in [0.15, 0.2) is 0 Å². The van der Waals surface area contributed by atoms with Gasteiger partial charge in [0.1, 0.15) is 11.2 Å². The standard InChI is InChI=1S/C21H21Cl2F6N3/c1-2-4-30-10-13-11-31-18(9-17(13)20(24,25)26)32-5-3-19(12-32,21(27,28)29)14-6-15(22)8-16(23)7-14/h6-9,11,30H,2-5,10,12H2,1H3. The molecule has 0 amide bonds. The average Bonchev–Trinajstić information content (AvgIpc) is 3.14. The van der Waals surface area contributed by atoms with Crippen LogP contribution in [0.4, 0.5) is 32.2 Å². The van der Waals surface area contributed by atoms with E-state index >= 15 is 0 Å². The molecule has 2 aromatic rings. The van der Waals surface area contributed by atoms with E-state index in [1.165, 1.54) is 23.1 Å². The molecule has 0 saturated carbocycles. The number of rotatable bonds is 6. The molecule has 0 spiro atoms. The lowest BCUT2D eigenvalue weighted by Gasteiger charge is -2.33. The topological polar surface area (TPSA) is 28.2 Å². The van der Waals surface area contributed by atoms with Gasteiger partial charge in [-0.05, 0) is 54.8 Å². The number of benzene rings is 1. The molecule has 32 heavy (non-hydrogen) atoms. The van der Waals surface area contributed by atoms with E-state index < -0.39 is 29.9 Å². The van der Waals surface area contributed by atoms with E-state index in [1.54, 1.807) is 0 Å². The van der Waals surface area contributed by atoms with Gasteiger partial charge in [-0.2, -0.15) is 26.3 Å². The molecule has 1 atom stereocenters. The quantitative estimate of drug-likeness (QED) is 0.357. The second-order valence-corrected chi connectivity index (χ2v) is 8.66. The van der Waals surface area contributed by atoms with Crippen molar-refractivity contribution in [3.8, 4) is 0 Å². The van der Waals surface area contributed by atoms with Crippen LogP contribution in [0.2, 0.25) is 10.0 Å². The first-order chi connectivity index (χ1) is 14.9. The van der Waals surface area contributed by atoms with E-state index in [4.69, 9.17) is 23.2 Å². The summed E-state index contributed by atoms with van der Waals surface area (Å²) in [6.07, 6.45) is -7.89. The van der Waals surface area contributed by atoms with Crippen LogP contribution in [0.1, 0.15) is 36.5 Å². The normalized spacial score (nSPS) is 19.6. The van der Waals surface area contributed by atoms with Crippen molar-refractivity contribution in [2.75, 3.05) is 24.5 Å². The van der Waals surface area contributed by atoms with Crippen molar-refractivity contribution in [2.24, 2.45) is 0 Å². The highest BCUT2D eigenvalue weighted by molar-refractivity contribution is 6.34. The van der Waals surface area contributed by atoms with Crippen molar-refractivity contribution in [3.63, 3.8) is 0 Å². The van der Waals surface area contributed by atoms with Crippen LogP contribution in [-0.4, -0.2) is 30.8 Å². The average molecular weight is 500 g/mol. The number of hydrogen-bond donors (Lipinski definition) is 1. The Kier molecular flexibility index (Phi) is 7.22. The molecular formula is C21H21Cl2F6N3. The predicted molar refractivity (Wildman–Crippen MR) is 112 cm³/mol. The van der Waals surface area contributed by atoms with Crippen LogP contribution in [0.25, 0.3) is 0 Å². The van der Waals surface area contributed by atoms with Crippen LogP contribution in [-0.2, 0) is 18.1 Å². The molecule has 0 bridgehead atoms. The second kappa shape index (κ2) is 9.27. The maximum atomic E-state index is 14.2. The Morgan fingerprint density at radius 1 is 1.06 bits per heavy atom. The maximum Gasteiger partial charge on any atom is 0.416 e. The van der Waals surface area contributed by atoms with Crippen LogP contribution in [0.3, 0.4) is 0 Å². The number of nitrogens with zero attached hydrogens (tertiary/aromatic N) is 2. The molecule has 1 aliphatic rings. The van der Waals surface area contributed by atoms with Crippen LogP contribution in [0, 0.1) is 0 Å². The zero-order chi connectivity index (χ0) is 23.7. The van der Waals surface area contributed by atoms with Crippen molar-refractivity contribution in [3.05, 3.63) is 57.2 Å². The SMILES string of the molecule is CCCNCc1cnc(N2CCC(c3cc(Cl)cc(Cl)c3)(C(F)(F)F)C2)cc1C(F)(F)F. The van der Waals surface area contributed by atoms with Crippen molar-refractivity contribution in [1.82, 2.24) is 10.3 Å². The Labute approximate surface area is 191 Å². The largest absolute Gasteiger partial charge is 0.416 e. The van der Waals surface area contributed by atoms with Crippen molar-refractivity contribution in [1.29, 1.82) is 0 Å². The third kappa shape index (κ3) is 5.10. The molecule has 1 N–H and O–H groups in total. The molecule has 3 rings (SSSR count). The molecule has 3 nitrogen and oxygen atoms in total. The van der Waals surface area contributed by atoms with Gasteiger partial charge in [-0.1, -0.05) is 30.1 Å². The minimum Gasteiger partial charge on any atom is -0.355 e. The molecule has 1 unspecified atom stereocenters. The van der Waals surface area contributed by atoms with Crippen LogP contribution < -0.4 is 10.2 Å². The second-order valence-electron chi connectivity index (χ2n) is 7.78. The first kappa shape index (κ1) is 24.9. The van der Waals surface area contributed by atoms with Crippen molar-refractivity contribution < 1.29 is 26.3 Å². The lowest BCUT2D eigenvalue weighted by atomic mass is 9.79. The highest BCUT2D eigenvalue weighted by atomic mass is 35.5. The molecule has 11 heteroatoms. The summed E-state index contributed by atoms with van der Waals surface area (Å²) in [4.78, 5) is 5.28. The number of hydrogen-bond acceptors (Lipinski definition) is 3. The lowest BCUT2D eigenvalue weighted by Crippen LogP contribution is -2.45. The summed E-state index contributed by atoms with van der Waals surface area (Å²) < 4.78 is 83.6. The summed E-state index contributed by atoms with van der Waals surface area (Å²) >= 11 is 11.9. The number of nitrogens with one attached hydrogen (secondary N) is 1. The van der Waals surface area contributed by atoms with Gasteiger partial charge >= 0.3 is 12.4 Å².